The molecule has 0 saturated heterocycles. The summed E-state index contributed by atoms with van der Waals surface area (Å²) in [6.07, 6.45) is 16.0. The van der Waals surface area contributed by atoms with Crippen molar-refractivity contribution in [2.75, 3.05) is 0 Å². The molecule has 0 bridgehead atoms. The van der Waals surface area contributed by atoms with E-state index in [2.05, 4.69) is 24.8 Å². The van der Waals surface area contributed by atoms with Crippen LogP contribution in [0.3, 0.4) is 0 Å². The van der Waals surface area contributed by atoms with Crippen LogP contribution in [-0.2, 0) is 0 Å². The molecule has 1 rings (SSSR count). The van der Waals surface area contributed by atoms with Gasteiger partial charge >= 0.3 is 1.43 Å². The second-order valence-corrected chi connectivity index (χ2v) is 3.43. The van der Waals surface area contributed by atoms with Gasteiger partial charge in [0.05, 0.1) is 0 Å². The molecule has 74 valence electrons. The average Bonchev–Trinajstić information content (AvgIpc) is 2.15. The summed E-state index contributed by atoms with van der Waals surface area (Å²) < 4.78 is 0. The highest BCUT2D eigenvalue weighted by Crippen LogP contribution is 2.19. The van der Waals surface area contributed by atoms with Gasteiger partial charge in [-0.05, 0) is 42.9 Å². The lowest BCUT2D eigenvalue weighted by molar-refractivity contribution is 0.732. The minimum atomic E-state index is 0. The van der Waals surface area contributed by atoms with Crippen molar-refractivity contribution in [3.8, 4) is 0 Å². The van der Waals surface area contributed by atoms with Crippen molar-refractivity contribution in [1.82, 2.24) is 0 Å². The van der Waals surface area contributed by atoms with Crippen LogP contribution in [0.1, 0.15) is 27.1 Å². The predicted octanol–water partition coefficient (Wildman–Crippen LogP) is 3.92. The van der Waals surface area contributed by atoms with Crippen LogP contribution in [0, 0.1) is 5.41 Å². The topological polar surface area (TPSA) is 23.9 Å². The summed E-state index contributed by atoms with van der Waals surface area (Å²) in [4.78, 5) is 0. The summed E-state index contributed by atoms with van der Waals surface area (Å²) in [6.45, 7) is 3.70. The molecule has 0 unspecified atom stereocenters. The third kappa shape index (κ3) is 3.56. The van der Waals surface area contributed by atoms with Gasteiger partial charge in [0.2, 0.25) is 0 Å². The van der Waals surface area contributed by atoms with Crippen LogP contribution in [0.2, 0.25) is 0 Å². The lowest BCUT2D eigenvalue weighted by atomic mass is 9.98. The zero-order chi connectivity index (χ0) is 10.2. The monoisotopic (exact) mass is 188 g/mol. The first-order valence-electron chi connectivity index (χ1n) is 5.06. The molecule has 1 nitrogen and oxygen atoms in total. The maximum Gasteiger partial charge on any atom is 1.00 e. The van der Waals surface area contributed by atoms with Crippen LogP contribution < -0.4 is 0 Å². The third-order valence-corrected chi connectivity index (χ3v) is 2.32. The lowest BCUT2D eigenvalue weighted by Gasteiger charge is -2.08. The molecule has 1 aliphatic carbocycles. The Hall–Kier alpha value is -1.37. The van der Waals surface area contributed by atoms with E-state index in [4.69, 9.17) is 5.41 Å². The van der Waals surface area contributed by atoms with E-state index in [1.165, 1.54) is 30.2 Å². The van der Waals surface area contributed by atoms with Crippen LogP contribution in [0.4, 0.5) is 0 Å². The van der Waals surface area contributed by atoms with Crippen molar-refractivity contribution in [1.29, 1.82) is 5.41 Å². The highest BCUT2D eigenvalue weighted by Gasteiger charge is 2.00. The number of hydrogen-bond acceptors (Lipinski definition) is 1. The number of hydrogen-bond donors (Lipinski definition) is 1. The molecule has 0 amide bonds. The molecule has 0 spiro atoms. The summed E-state index contributed by atoms with van der Waals surface area (Å²) in [5.41, 5.74) is 2.57. The first-order chi connectivity index (χ1) is 6.86. The Morgan fingerprint density at radius 3 is 2.21 bits per heavy atom. The number of allylic oxidation sites excluding steroid dienone is 7. The Balaban J connectivity index is 0.00000196. The van der Waals surface area contributed by atoms with E-state index in [0.29, 0.717) is 0 Å². The Labute approximate surface area is 87.5 Å². The fourth-order valence-electron chi connectivity index (χ4n) is 1.58. The number of rotatable bonds is 2. The molecule has 1 heteroatoms. The van der Waals surface area contributed by atoms with Crippen LogP contribution in [0.5, 0.6) is 0 Å². The van der Waals surface area contributed by atoms with Crippen molar-refractivity contribution in [3.05, 3.63) is 48.1 Å². The molecular weight excluding hydrogens is 170 g/mol. The van der Waals surface area contributed by atoms with Crippen molar-refractivity contribution < 1.29 is 1.43 Å². The molecule has 0 fully saturated rings. The van der Waals surface area contributed by atoms with Gasteiger partial charge < -0.3 is 5.41 Å². The minimum absolute atomic E-state index is 0. The van der Waals surface area contributed by atoms with E-state index in [1.54, 1.807) is 0 Å². The zero-order valence-corrected chi connectivity index (χ0v) is 8.50. The molecule has 1 aliphatic rings. The summed E-state index contributed by atoms with van der Waals surface area (Å²) in [5, 5.41) is 7.03. The van der Waals surface area contributed by atoms with E-state index < -0.39 is 0 Å². The summed E-state index contributed by atoms with van der Waals surface area (Å²) in [6, 6.07) is 0. The van der Waals surface area contributed by atoms with Gasteiger partial charge in [-0.3, -0.25) is 0 Å². The quantitative estimate of drug-likeness (QED) is 0.635. The van der Waals surface area contributed by atoms with Gasteiger partial charge in [0.25, 0.3) is 0 Å². The highest BCUT2D eigenvalue weighted by molar-refractivity contribution is 5.69. The lowest BCUT2D eigenvalue weighted by Crippen LogP contribution is -1.89. The fraction of sp³-hybridized carbons (Fsp3) is 0.308. The second-order valence-electron chi connectivity index (χ2n) is 3.43. The first-order valence-corrected chi connectivity index (χ1v) is 5.06. The van der Waals surface area contributed by atoms with Crippen molar-refractivity contribution >= 4 is 6.21 Å². The minimum Gasteiger partial charge on any atom is -0.309 e. The van der Waals surface area contributed by atoms with Gasteiger partial charge in [-0.1, -0.05) is 30.9 Å². The van der Waals surface area contributed by atoms with Crippen LogP contribution >= 0.6 is 0 Å². The maximum atomic E-state index is 7.03. The standard InChI is InChI=1S/C13H17N/c1-2-5-12-6-3-4-7-13(9-8-12)10-11-14/h2,5,8-11,14H,1,3-4,6-7H2/p+1/b9-8-,12-5+,13-10+,14-11?. The van der Waals surface area contributed by atoms with Gasteiger partial charge in [0.1, 0.15) is 0 Å². The zero-order valence-electron chi connectivity index (χ0n) is 9.50. The number of nitrogens with one attached hydrogen (secondary N) is 1. The van der Waals surface area contributed by atoms with E-state index in [-0.39, 0.29) is 1.43 Å². The molecule has 0 aromatic carbocycles. The Kier molecular flexibility index (Phi) is 4.70. The van der Waals surface area contributed by atoms with Crippen molar-refractivity contribution in [2.24, 2.45) is 0 Å². The van der Waals surface area contributed by atoms with E-state index >= 15 is 0 Å². The molecule has 0 radical (unpaired) electrons. The molecule has 1 N–H and O–H groups in total. The van der Waals surface area contributed by atoms with Gasteiger partial charge in [-0.25, -0.2) is 0 Å². The highest BCUT2D eigenvalue weighted by atomic mass is 14.3. The normalized spacial score (nSPS) is 25.4. The van der Waals surface area contributed by atoms with Crippen LogP contribution in [0.25, 0.3) is 0 Å². The SMILES string of the molecule is C=C/C=C1/C=C\C(=C\C=N)CCCC1.[H+]. The van der Waals surface area contributed by atoms with E-state index in [9.17, 15) is 0 Å². The van der Waals surface area contributed by atoms with Crippen molar-refractivity contribution in [3.63, 3.8) is 0 Å². The smallest absolute Gasteiger partial charge is 0.309 e. The molecular formula is C13H18N+. The Bertz CT molecular complexity index is 268. The van der Waals surface area contributed by atoms with E-state index in [1.807, 2.05) is 12.2 Å². The van der Waals surface area contributed by atoms with Gasteiger partial charge in [-0.2, -0.15) is 0 Å². The molecule has 0 saturated carbocycles. The molecule has 14 heavy (non-hydrogen) atoms. The fourth-order valence-corrected chi connectivity index (χ4v) is 1.58. The maximum absolute atomic E-state index is 7.03. The van der Waals surface area contributed by atoms with Crippen molar-refractivity contribution in [2.45, 2.75) is 25.7 Å². The Morgan fingerprint density at radius 1 is 1.14 bits per heavy atom. The summed E-state index contributed by atoms with van der Waals surface area (Å²) in [7, 11) is 0. The first kappa shape index (κ1) is 10.7. The molecule has 0 heterocycles. The molecule has 0 aromatic rings. The van der Waals surface area contributed by atoms with Crippen LogP contribution in [-0.4, -0.2) is 6.21 Å². The Morgan fingerprint density at radius 2 is 1.71 bits per heavy atom. The largest absolute Gasteiger partial charge is 1.00 e. The summed E-state index contributed by atoms with van der Waals surface area (Å²) in [5.74, 6) is 0. The van der Waals surface area contributed by atoms with Gasteiger partial charge in [0, 0.05) is 6.21 Å². The van der Waals surface area contributed by atoms with Crippen LogP contribution in [0.15, 0.2) is 48.1 Å². The molecule has 0 aromatic heterocycles. The van der Waals surface area contributed by atoms with Gasteiger partial charge in [0.15, 0.2) is 0 Å². The molecule has 0 atom stereocenters. The second kappa shape index (κ2) is 6.14. The predicted molar refractivity (Wildman–Crippen MR) is 63.9 cm³/mol. The average molecular weight is 188 g/mol. The van der Waals surface area contributed by atoms with Gasteiger partial charge in [-0.15, -0.1) is 0 Å². The third-order valence-electron chi connectivity index (χ3n) is 2.32. The summed E-state index contributed by atoms with van der Waals surface area (Å²) >= 11 is 0. The van der Waals surface area contributed by atoms with E-state index in [0.717, 1.165) is 12.8 Å². The molecule has 0 aliphatic heterocycles.